The van der Waals surface area contributed by atoms with Gasteiger partial charge in [-0.2, -0.15) is 0 Å². The number of fused-ring (bicyclic) bond motifs is 1. The molecule has 4 N–H and O–H groups in total. The molecule has 0 saturated heterocycles. The zero-order valence-electron chi connectivity index (χ0n) is 19.9. The largest absolute Gasteiger partial charge is 0.391 e. The number of carbonyl (C=O) groups excluding carboxylic acids is 3. The van der Waals surface area contributed by atoms with Crippen molar-refractivity contribution in [1.29, 1.82) is 0 Å². The Labute approximate surface area is 209 Å². The summed E-state index contributed by atoms with van der Waals surface area (Å²) in [5.74, 6) is -1.74. The van der Waals surface area contributed by atoms with E-state index < -0.39 is 30.0 Å². The summed E-state index contributed by atoms with van der Waals surface area (Å²) >= 11 is 0. The van der Waals surface area contributed by atoms with Gasteiger partial charge in [-0.15, -0.1) is 0 Å². The van der Waals surface area contributed by atoms with Crippen molar-refractivity contribution in [1.82, 2.24) is 15.7 Å². The van der Waals surface area contributed by atoms with Gasteiger partial charge in [-0.3, -0.25) is 19.6 Å². The van der Waals surface area contributed by atoms with Gasteiger partial charge in [0.1, 0.15) is 12.1 Å². The first kappa shape index (κ1) is 25.1. The predicted molar refractivity (Wildman–Crippen MR) is 134 cm³/mol. The van der Waals surface area contributed by atoms with Crippen LogP contribution in [-0.4, -0.2) is 51.1 Å². The highest BCUT2D eigenvalue weighted by Crippen LogP contribution is 2.25. The summed E-state index contributed by atoms with van der Waals surface area (Å²) < 4.78 is 0. The van der Waals surface area contributed by atoms with E-state index in [1.54, 1.807) is 0 Å². The Kier molecular flexibility index (Phi) is 7.77. The number of carbonyl (C=O) groups is 3. The van der Waals surface area contributed by atoms with E-state index in [2.05, 4.69) is 5.32 Å². The number of hydroxylamine groups is 1. The second-order valence-electron chi connectivity index (χ2n) is 8.95. The Morgan fingerprint density at radius 2 is 1.53 bits per heavy atom. The van der Waals surface area contributed by atoms with E-state index in [-0.39, 0.29) is 25.3 Å². The van der Waals surface area contributed by atoms with Gasteiger partial charge in [-0.05, 0) is 34.7 Å². The molecule has 1 aliphatic rings. The summed E-state index contributed by atoms with van der Waals surface area (Å²) in [4.78, 5) is 40.1. The second-order valence-corrected chi connectivity index (χ2v) is 8.95. The third kappa shape index (κ3) is 5.62. The SMILES string of the molecule is C[C@@H](O)[C@H](NC(=O)[C@@H]1Cc2ccccc2CN1C(=O)Cc1ccc(-c2ccccc2)cc1)C(=O)NO. The Morgan fingerprint density at radius 1 is 0.917 bits per heavy atom. The zero-order chi connectivity index (χ0) is 25.7. The Hall–Kier alpha value is -4.01. The predicted octanol–water partition coefficient (Wildman–Crippen LogP) is 2.22. The molecule has 0 fully saturated rings. The van der Waals surface area contributed by atoms with Gasteiger partial charge < -0.3 is 15.3 Å². The van der Waals surface area contributed by atoms with Crippen molar-refractivity contribution in [3.8, 4) is 11.1 Å². The summed E-state index contributed by atoms with van der Waals surface area (Å²) in [5, 5.41) is 21.4. The fraction of sp³-hybridized carbons (Fsp3) is 0.250. The van der Waals surface area contributed by atoms with Crippen molar-refractivity contribution in [2.24, 2.45) is 0 Å². The Morgan fingerprint density at radius 3 is 2.17 bits per heavy atom. The fourth-order valence-corrected chi connectivity index (χ4v) is 4.47. The van der Waals surface area contributed by atoms with Gasteiger partial charge in [0.2, 0.25) is 11.8 Å². The number of nitrogens with zero attached hydrogens (tertiary/aromatic N) is 1. The molecule has 36 heavy (non-hydrogen) atoms. The summed E-state index contributed by atoms with van der Waals surface area (Å²) in [6.07, 6.45) is -0.865. The first-order chi connectivity index (χ1) is 17.4. The molecule has 4 rings (SSSR count). The van der Waals surface area contributed by atoms with Crippen LogP contribution in [0.5, 0.6) is 0 Å². The van der Waals surface area contributed by atoms with E-state index in [4.69, 9.17) is 5.21 Å². The number of hydrogen-bond donors (Lipinski definition) is 4. The molecule has 186 valence electrons. The lowest BCUT2D eigenvalue weighted by atomic mass is 9.92. The van der Waals surface area contributed by atoms with E-state index in [0.29, 0.717) is 0 Å². The number of nitrogens with one attached hydrogen (secondary N) is 2. The Balaban J connectivity index is 1.54. The summed E-state index contributed by atoms with van der Waals surface area (Å²) in [6, 6.07) is 23.0. The van der Waals surface area contributed by atoms with Crippen LogP contribution < -0.4 is 10.8 Å². The summed E-state index contributed by atoms with van der Waals surface area (Å²) in [7, 11) is 0. The highest BCUT2D eigenvalue weighted by molar-refractivity contribution is 5.93. The van der Waals surface area contributed by atoms with Crippen LogP contribution in [0.15, 0.2) is 78.9 Å². The van der Waals surface area contributed by atoms with Crippen LogP contribution in [0.4, 0.5) is 0 Å². The molecule has 0 spiro atoms. The minimum absolute atomic E-state index is 0.109. The molecule has 3 aromatic rings. The molecule has 8 nitrogen and oxygen atoms in total. The van der Waals surface area contributed by atoms with E-state index in [9.17, 15) is 19.5 Å². The van der Waals surface area contributed by atoms with Gasteiger partial charge in [0.25, 0.3) is 5.91 Å². The Bertz CT molecular complexity index is 1230. The van der Waals surface area contributed by atoms with Gasteiger partial charge in [-0.1, -0.05) is 78.9 Å². The average molecular weight is 488 g/mol. The third-order valence-corrected chi connectivity index (χ3v) is 6.46. The van der Waals surface area contributed by atoms with Crippen LogP contribution in [0, 0.1) is 0 Å². The maximum atomic E-state index is 13.4. The van der Waals surface area contributed by atoms with Crippen molar-refractivity contribution in [2.45, 2.75) is 44.5 Å². The normalized spacial score (nSPS) is 16.4. The van der Waals surface area contributed by atoms with Crippen LogP contribution in [0.25, 0.3) is 11.1 Å². The molecule has 0 bridgehead atoms. The molecule has 0 saturated carbocycles. The quantitative estimate of drug-likeness (QED) is 0.301. The molecule has 0 radical (unpaired) electrons. The lowest BCUT2D eigenvalue weighted by Gasteiger charge is -2.37. The first-order valence-electron chi connectivity index (χ1n) is 11.8. The molecular formula is C28H29N3O5. The summed E-state index contributed by atoms with van der Waals surface area (Å²) in [6.45, 7) is 1.58. The van der Waals surface area contributed by atoms with E-state index >= 15 is 0 Å². The third-order valence-electron chi connectivity index (χ3n) is 6.46. The smallest absolute Gasteiger partial charge is 0.268 e. The topological polar surface area (TPSA) is 119 Å². The fourth-order valence-electron chi connectivity index (χ4n) is 4.47. The van der Waals surface area contributed by atoms with Crippen molar-refractivity contribution < 1.29 is 24.7 Å². The van der Waals surface area contributed by atoms with Crippen LogP contribution in [0.3, 0.4) is 0 Å². The molecule has 0 aliphatic carbocycles. The number of rotatable bonds is 7. The molecule has 3 aromatic carbocycles. The lowest BCUT2D eigenvalue weighted by molar-refractivity contribution is -0.144. The average Bonchev–Trinajstić information content (AvgIpc) is 2.91. The van der Waals surface area contributed by atoms with Crippen LogP contribution in [0.2, 0.25) is 0 Å². The van der Waals surface area contributed by atoms with E-state index in [0.717, 1.165) is 27.8 Å². The van der Waals surface area contributed by atoms with Crippen LogP contribution in [-0.2, 0) is 33.8 Å². The molecule has 1 aliphatic heterocycles. The molecule has 0 aromatic heterocycles. The summed E-state index contributed by atoms with van der Waals surface area (Å²) in [5.41, 5.74) is 6.30. The van der Waals surface area contributed by atoms with Crippen LogP contribution >= 0.6 is 0 Å². The van der Waals surface area contributed by atoms with Gasteiger partial charge in [0.15, 0.2) is 0 Å². The minimum atomic E-state index is -1.36. The number of aliphatic hydroxyl groups is 1. The van der Waals surface area contributed by atoms with Crippen molar-refractivity contribution in [3.05, 3.63) is 95.6 Å². The number of amides is 3. The van der Waals surface area contributed by atoms with Gasteiger partial charge in [0.05, 0.1) is 12.5 Å². The molecule has 3 amide bonds. The number of hydrogen-bond acceptors (Lipinski definition) is 5. The monoisotopic (exact) mass is 487 g/mol. The lowest BCUT2D eigenvalue weighted by Crippen LogP contribution is -2.59. The van der Waals surface area contributed by atoms with Gasteiger partial charge >= 0.3 is 0 Å². The molecular weight excluding hydrogens is 458 g/mol. The minimum Gasteiger partial charge on any atom is -0.391 e. The molecule has 1 heterocycles. The first-order valence-corrected chi connectivity index (χ1v) is 11.8. The van der Waals surface area contributed by atoms with Crippen LogP contribution in [0.1, 0.15) is 23.6 Å². The number of aliphatic hydroxyl groups excluding tert-OH is 1. The standard InChI is InChI=1S/C28H29N3O5/c1-18(32)26(28(35)30-36)29-27(34)24-16-22-9-5-6-10-23(22)17-31(24)25(33)15-19-11-13-21(14-12-19)20-7-3-2-4-8-20/h2-14,18,24,26,32,36H,15-17H2,1H3,(H,29,34)(H,30,35)/t18-,24+,26+/m1/s1. The zero-order valence-corrected chi connectivity index (χ0v) is 19.9. The molecule has 3 atom stereocenters. The van der Waals surface area contributed by atoms with Crippen molar-refractivity contribution in [2.75, 3.05) is 0 Å². The van der Waals surface area contributed by atoms with Gasteiger partial charge in [0, 0.05) is 13.0 Å². The highest BCUT2D eigenvalue weighted by atomic mass is 16.5. The molecule has 0 unspecified atom stereocenters. The van der Waals surface area contributed by atoms with E-state index in [1.165, 1.54) is 17.3 Å². The maximum absolute atomic E-state index is 13.4. The second kappa shape index (κ2) is 11.2. The number of benzene rings is 3. The van der Waals surface area contributed by atoms with E-state index in [1.807, 2.05) is 78.9 Å². The van der Waals surface area contributed by atoms with Crippen molar-refractivity contribution in [3.63, 3.8) is 0 Å². The molecule has 8 heteroatoms. The van der Waals surface area contributed by atoms with Crippen molar-refractivity contribution >= 4 is 17.7 Å². The maximum Gasteiger partial charge on any atom is 0.268 e. The highest BCUT2D eigenvalue weighted by Gasteiger charge is 2.37. The van der Waals surface area contributed by atoms with Gasteiger partial charge in [-0.25, -0.2) is 5.48 Å².